The van der Waals surface area contributed by atoms with Crippen molar-refractivity contribution in [3.8, 4) is 5.75 Å². The number of nitro groups is 1. The first-order chi connectivity index (χ1) is 5.52. The molecule has 0 fully saturated rings. The molecule has 64 valence electrons. The number of benzene rings is 1. The van der Waals surface area contributed by atoms with E-state index in [9.17, 15) is 10.1 Å². The summed E-state index contributed by atoms with van der Waals surface area (Å²) < 4.78 is 0.383. The van der Waals surface area contributed by atoms with E-state index in [0.717, 1.165) is 12.1 Å². The van der Waals surface area contributed by atoms with E-state index >= 15 is 0 Å². The largest absolute Gasteiger partial charge is 0.502 e. The number of nitrogens with zero attached hydrogens (tertiary/aromatic N) is 1. The fraction of sp³-hybridized carbons (Fsp3) is 0. The van der Waals surface area contributed by atoms with Gasteiger partial charge in [-0.1, -0.05) is 11.6 Å². The minimum Gasteiger partial charge on any atom is -0.502 e. The zero-order chi connectivity index (χ0) is 9.30. The highest BCUT2D eigenvalue weighted by Gasteiger charge is 2.15. The molecule has 0 radical (unpaired) electrons. The van der Waals surface area contributed by atoms with Crippen LogP contribution in [0.2, 0.25) is 5.02 Å². The van der Waals surface area contributed by atoms with Crippen LogP contribution in [0.25, 0.3) is 0 Å². The number of phenolic OH excluding ortho intramolecular Hbond substituents is 1. The van der Waals surface area contributed by atoms with Gasteiger partial charge in [-0.3, -0.25) is 10.1 Å². The van der Waals surface area contributed by atoms with Crippen molar-refractivity contribution >= 4 is 33.2 Å². The second kappa shape index (κ2) is 3.28. The summed E-state index contributed by atoms with van der Waals surface area (Å²) >= 11 is 8.56. The third kappa shape index (κ3) is 1.67. The van der Waals surface area contributed by atoms with Gasteiger partial charge in [-0.05, 0) is 15.9 Å². The van der Waals surface area contributed by atoms with Gasteiger partial charge in [0.2, 0.25) is 0 Å². The molecule has 0 saturated carbocycles. The number of hydrogen-bond donors (Lipinski definition) is 1. The van der Waals surface area contributed by atoms with Crippen LogP contribution in [0.5, 0.6) is 5.75 Å². The number of rotatable bonds is 1. The Morgan fingerprint density at radius 1 is 1.58 bits per heavy atom. The van der Waals surface area contributed by atoms with E-state index in [4.69, 9.17) is 16.7 Å². The highest BCUT2D eigenvalue weighted by atomic mass is 79.9. The Morgan fingerprint density at radius 2 is 2.17 bits per heavy atom. The van der Waals surface area contributed by atoms with Crippen LogP contribution in [-0.4, -0.2) is 10.0 Å². The third-order valence-corrected chi connectivity index (χ3v) is 2.41. The standard InChI is InChI=1S/C6H3BrClNO3/c7-3-1-5(9(11)12)6(10)2-4(3)8/h1-2,10H. The fourth-order valence-corrected chi connectivity index (χ4v) is 1.16. The summed E-state index contributed by atoms with van der Waals surface area (Å²) in [5.74, 6) is -0.437. The van der Waals surface area contributed by atoms with Crippen molar-refractivity contribution < 1.29 is 10.0 Å². The minimum atomic E-state index is -0.684. The molecular weight excluding hydrogens is 249 g/mol. The van der Waals surface area contributed by atoms with Gasteiger partial charge in [0, 0.05) is 16.6 Å². The van der Waals surface area contributed by atoms with E-state index in [1.807, 2.05) is 0 Å². The summed E-state index contributed by atoms with van der Waals surface area (Å²) in [6.07, 6.45) is 0. The van der Waals surface area contributed by atoms with Gasteiger partial charge in [0.25, 0.3) is 0 Å². The van der Waals surface area contributed by atoms with E-state index < -0.39 is 10.7 Å². The van der Waals surface area contributed by atoms with Gasteiger partial charge in [0.15, 0.2) is 5.75 Å². The van der Waals surface area contributed by atoms with Gasteiger partial charge in [-0.25, -0.2) is 0 Å². The summed E-state index contributed by atoms with van der Waals surface area (Å²) in [6, 6.07) is 2.27. The molecule has 0 aliphatic carbocycles. The fourth-order valence-electron chi connectivity index (χ4n) is 0.672. The maximum atomic E-state index is 10.3. The van der Waals surface area contributed by atoms with Crippen LogP contribution < -0.4 is 0 Å². The average Bonchev–Trinajstić information content (AvgIpc) is 1.96. The van der Waals surface area contributed by atoms with E-state index in [0.29, 0.717) is 4.47 Å². The molecule has 0 aliphatic heterocycles. The summed E-state index contributed by atoms with van der Waals surface area (Å²) in [7, 11) is 0. The summed E-state index contributed by atoms with van der Waals surface area (Å²) in [4.78, 5) is 9.58. The summed E-state index contributed by atoms with van der Waals surface area (Å²) in [6.45, 7) is 0. The lowest BCUT2D eigenvalue weighted by atomic mass is 10.3. The molecule has 0 unspecified atom stereocenters. The average molecular weight is 252 g/mol. The smallest absolute Gasteiger partial charge is 0.311 e. The molecule has 0 amide bonds. The highest BCUT2D eigenvalue weighted by Crippen LogP contribution is 2.34. The van der Waals surface area contributed by atoms with Gasteiger partial charge in [0.05, 0.1) is 9.95 Å². The quantitative estimate of drug-likeness (QED) is 0.617. The predicted octanol–water partition coefficient (Wildman–Crippen LogP) is 2.72. The van der Waals surface area contributed by atoms with Crippen LogP contribution >= 0.6 is 27.5 Å². The van der Waals surface area contributed by atoms with Crippen LogP contribution in [0.4, 0.5) is 5.69 Å². The van der Waals surface area contributed by atoms with E-state index in [-0.39, 0.29) is 10.7 Å². The Hall–Kier alpha value is -0.810. The molecule has 0 aromatic heterocycles. The van der Waals surface area contributed by atoms with E-state index in [2.05, 4.69) is 15.9 Å². The predicted molar refractivity (Wildman–Crippen MR) is 47.5 cm³/mol. The van der Waals surface area contributed by atoms with Crippen molar-refractivity contribution in [2.75, 3.05) is 0 Å². The molecule has 0 atom stereocenters. The Morgan fingerprint density at radius 3 is 2.67 bits per heavy atom. The van der Waals surface area contributed by atoms with E-state index in [1.54, 1.807) is 0 Å². The van der Waals surface area contributed by atoms with Crippen molar-refractivity contribution in [1.82, 2.24) is 0 Å². The van der Waals surface area contributed by atoms with Gasteiger partial charge < -0.3 is 5.11 Å². The molecule has 0 heterocycles. The molecule has 0 spiro atoms. The first kappa shape index (κ1) is 9.28. The monoisotopic (exact) mass is 251 g/mol. The number of nitro benzene ring substituents is 1. The number of aromatic hydroxyl groups is 1. The van der Waals surface area contributed by atoms with Crippen molar-refractivity contribution in [2.24, 2.45) is 0 Å². The number of hydrogen-bond acceptors (Lipinski definition) is 3. The van der Waals surface area contributed by atoms with Crippen molar-refractivity contribution in [3.05, 3.63) is 31.7 Å². The molecule has 1 rings (SSSR count). The van der Waals surface area contributed by atoms with Crippen molar-refractivity contribution in [1.29, 1.82) is 0 Å². The molecule has 1 aromatic carbocycles. The van der Waals surface area contributed by atoms with Crippen LogP contribution in [0, 0.1) is 10.1 Å². The molecule has 4 nitrogen and oxygen atoms in total. The Balaban J connectivity index is 3.33. The zero-order valence-electron chi connectivity index (χ0n) is 5.62. The first-order valence-electron chi connectivity index (χ1n) is 2.85. The van der Waals surface area contributed by atoms with Gasteiger partial charge in [-0.2, -0.15) is 0 Å². The van der Waals surface area contributed by atoms with Gasteiger partial charge >= 0.3 is 5.69 Å². The van der Waals surface area contributed by atoms with Gasteiger partial charge in [0.1, 0.15) is 0 Å². The minimum absolute atomic E-state index is 0.234. The van der Waals surface area contributed by atoms with Crippen LogP contribution in [0.1, 0.15) is 0 Å². The number of halogens is 2. The second-order valence-corrected chi connectivity index (χ2v) is 3.27. The van der Waals surface area contributed by atoms with Crippen molar-refractivity contribution in [2.45, 2.75) is 0 Å². The highest BCUT2D eigenvalue weighted by molar-refractivity contribution is 9.10. The lowest BCUT2D eigenvalue weighted by Gasteiger charge is -1.98. The Bertz CT molecular complexity index is 342. The summed E-state index contributed by atoms with van der Waals surface area (Å²) in [5.41, 5.74) is -0.369. The number of phenols is 1. The van der Waals surface area contributed by atoms with Gasteiger partial charge in [-0.15, -0.1) is 0 Å². The summed E-state index contributed by atoms with van der Waals surface area (Å²) in [5, 5.41) is 19.5. The topological polar surface area (TPSA) is 63.4 Å². The zero-order valence-corrected chi connectivity index (χ0v) is 7.96. The van der Waals surface area contributed by atoms with Crippen LogP contribution in [-0.2, 0) is 0 Å². The maximum absolute atomic E-state index is 10.3. The molecular formula is C6H3BrClNO3. The van der Waals surface area contributed by atoms with Crippen molar-refractivity contribution in [3.63, 3.8) is 0 Å². The second-order valence-electron chi connectivity index (χ2n) is 2.01. The maximum Gasteiger partial charge on any atom is 0.311 e. The molecule has 12 heavy (non-hydrogen) atoms. The molecule has 0 aliphatic rings. The molecule has 6 heteroatoms. The third-order valence-electron chi connectivity index (χ3n) is 1.21. The van der Waals surface area contributed by atoms with Crippen LogP contribution in [0.3, 0.4) is 0 Å². The Kier molecular flexibility index (Phi) is 2.54. The lowest BCUT2D eigenvalue weighted by Crippen LogP contribution is -1.88. The molecule has 0 saturated heterocycles. The molecule has 1 N–H and O–H groups in total. The van der Waals surface area contributed by atoms with Crippen LogP contribution in [0.15, 0.2) is 16.6 Å². The lowest BCUT2D eigenvalue weighted by molar-refractivity contribution is -0.385. The molecule has 0 bridgehead atoms. The SMILES string of the molecule is O=[N+]([O-])c1cc(Br)c(Cl)cc1O. The first-order valence-corrected chi connectivity index (χ1v) is 4.02. The molecule has 1 aromatic rings. The Labute approximate surface area is 81.0 Å². The normalized spacial score (nSPS) is 9.83. The van der Waals surface area contributed by atoms with E-state index in [1.165, 1.54) is 0 Å².